The molecule has 0 fully saturated rings. The fraction of sp³-hybridized carbons (Fsp3) is 0.348. The second-order valence-electron chi connectivity index (χ2n) is 7.77. The zero-order valence-electron chi connectivity index (χ0n) is 17.6. The Hall–Kier alpha value is -3.16. The van der Waals surface area contributed by atoms with Crippen molar-refractivity contribution in [2.24, 2.45) is 0 Å². The molecule has 0 saturated carbocycles. The van der Waals surface area contributed by atoms with Gasteiger partial charge in [0.25, 0.3) is 5.56 Å². The molecular weight excluding hydrogens is 407 g/mol. The number of halogens is 3. The van der Waals surface area contributed by atoms with Crippen LogP contribution in [0.15, 0.2) is 47.3 Å². The van der Waals surface area contributed by atoms with E-state index < -0.39 is 29.9 Å². The van der Waals surface area contributed by atoms with Crippen molar-refractivity contribution in [1.82, 2.24) is 14.9 Å². The second-order valence-corrected chi connectivity index (χ2v) is 7.77. The van der Waals surface area contributed by atoms with Crippen LogP contribution in [-0.4, -0.2) is 21.5 Å². The summed E-state index contributed by atoms with van der Waals surface area (Å²) in [6.45, 7) is 4.84. The first-order chi connectivity index (χ1) is 14.6. The molecule has 31 heavy (non-hydrogen) atoms. The number of carbonyl (C=O) groups excluding carboxylic acids is 1. The number of benzene rings is 2. The predicted molar refractivity (Wildman–Crippen MR) is 113 cm³/mol. The number of hydrogen-bond acceptors (Lipinski definition) is 3. The van der Waals surface area contributed by atoms with Crippen LogP contribution in [0.25, 0.3) is 11.0 Å². The Morgan fingerprint density at radius 1 is 1.13 bits per heavy atom. The Kier molecular flexibility index (Phi) is 6.48. The predicted octanol–water partition coefficient (Wildman–Crippen LogP) is 4.17. The van der Waals surface area contributed by atoms with Gasteiger partial charge in [0.15, 0.2) is 0 Å². The van der Waals surface area contributed by atoms with Gasteiger partial charge in [-0.15, -0.1) is 0 Å². The van der Waals surface area contributed by atoms with Gasteiger partial charge in [-0.3, -0.25) is 14.2 Å². The molecular formula is C23H24F3N3O2. The first kappa shape index (κ1) is 22.5. The van der Waals surface area contributed by atoms with E-state index in [-0.39, 0.29) is 17.1 Å². The van der Waals surface area contributed by atoms with Crippen molar-refractivity contribution in [2.75, 3.05) is 0 Å². The lowest BCUT2D eigenvalue weighted by atomic mass is 10.1. The summed E-state index contributed by atoms with van der Waals surface area (Å²) in [4.78, 5) is 28.7. The summed E-state index contributed by atoms with van der Waals surface area (Å²) in [6.07, 6.45) is -3.50. The van der Waals surface area contributed by atoms with Crippen molar-refractivity contribution in [3.05, 3.63) is 75.2 Å². The zero-order valence-corrected chi connectivity index (χ0v) is 17.6. The van der Waals surface area contributed by atoms with Gasteiger partial charge in [-0.25, -0.2) is 4.98 Å². The summed E-state index contributed by atoms with van der Waals surface area (Å²) in [5.74, 6) is -0.526. The smallest absolute Gasteiger partial charge is 0.352 e. The lowest BCUT2D eigenvalue weighted by Crippen LogP contribution is -2.39. The van der Waals surface area contributed by atoms with Gasteiger partial charge in [0.2, 0.25) is 11.6 Å². The van der Waals surface area contributed by atoms with Gasteiger partial charge in [-0.2, -0.15) is 13.2 Å². The molecule has 0 aliphatic carbocycles. The highest BCUT2D eigenvalue weighted by Gasteiger charge is 2.37. The Bertz CT molecular complexity index is 1150. The SMILES string of the molecule is Cc1cc2nc(C(F)(F)F)c(=O)n(CC(=O)N[C@@H](C)CCc3ccccc3)c2cc1C. The number of fused-ring (bicyclic) bond motifs is 1. The van der Waals surface area contributed by atoms with Crippen molar-refractivity contribution in [3.63, 3.8) is 0 Å². The lowest BCUT2D eigenvalue weighted by molar-refractivity contribution is -0.142. The third-order valence-corrected chi connectivity index (χ3v) is 5.25. The first-order valence-corrected chi connectivity index (χ1v) is 9.98. The van der Waals surface area contributed by atoms with E-state index in [4.69, 9.17) is 0 Å². The standard InChI is InChI=1S/C23H24F3N3O2/c1-14-11-18-19(12-15(14)2)29(22(31)21(28-18)23(24,25)26)13-20(30)27-16(3)9-10-17-7-5-4-6-8-17/h4-8,11-12,16H,9-10,13H2,1-3H3,(H,27,30)/t16-/m0/s1. The fourth-order valence-corrected chi connectivity index (χ4v) is 3.40. The molecule has 0 unspecified atom stereocenters. The summed E-state index contributed by atoms with van der Waals surface area (Å²) in [5.41, 5.74) is 0.0495. The van der Waals surface area contributed by atoms with E-state index >= 15 is 0 Å². The van der Waals surface area contributed by atoms with Crippen LogP contribution in [0.2, 0.25) is 0 Å². The van der Waals surface area contributed by atoms with Gasteiger partial charge < -0.3 is 5.32 Å². The molecule has 8 heteroatoms. The summed E-state index contributed by atoms with van der Waals surface area (Å²) in [5, 5.41) is 2.77. The monoisotopic (exact) mass is 431 g/mol. The summed E-state index contributed by atoms with van der Waals surface area (Å²) >= 11 is 0. The number of alkyl halides is 3. The van der Waals surface area contributed by atoms with Crippen LogP contribution in [0.3, 0.4) is 0 Å². The Morgan fingerprint density at radius 3 is 2.42 bits per heavy atom. The first-order valence-electron chi connectivity index (χ1n) is 9.98. The van der Waals surface area contributed by atoms with Crippen LogP contribution >= 0.6 is 0 Å². The van der Waals surface area contributed by atoms with Crippen LogP contribution in [0.5, 0.6) is 0 Å². The van der Waals surface area contributed by atoms with Gasteiger partial charge in [0.1, 0.15) is 6.54 Å². The number of nitrogens with zero attached hydrogens (tertiary/aromatic N) is 2. The third-order valence-electron chi connectivity index (χ3n) is 5.25. The number of carbonyl (C=O) groups is 1. The minimum atomic E-state index is -4.91. The summed E-state index contributed by atoms with van der Waals surface area (Å²) in [7, 11) is 0. The molecule has 1 atom stereocenters. The van der Waals surface area contributed by atoms with E-state index in [0.717, 1.165) is 27.7 Å². The minimum Gasteiger partial charge on any atom is -0.352 e. The minimum absolute atomic E-state index is 0.0277. The van der Waals surface area contributed by atoms with E-state index in [2.05, 4.69) is 10.3 Å². The second kappa shape index (κ2) is 8.91. The number of nitrogens with one attached hydrogen (secondary N) is 1. The lowest BCUT2D eigenvalue weighted by Gasteiger charge is -2.17. The molecule has 3 rings (SSSR count). The van der Waals surface area contributed by atoms with E-state index in [9.17, 15) is 22.8 Å². The maximum absolute atomic E-state index is 13.4. The van der Waals surface area contributed by atoms with Crippen molar-refractivity contribution in [2.45, 2.75) is 52.4 Å². The quantitative estimate of drug-likeness (QED) is 0.637. The molecule has 3 aromatic rings. The molecule has 1 amide bonds. The van der Waals surface area contributed by atoms with E-state index in [1.807, 2.05) is 37.3 Å². The molecule has 2 aromatic carbocycles. The van der Waals surface area contributed by atoms with Crippen LogP contribution < -0.4 is 10.9 Å². The van der Waals surface area contributed by atoms with Gasteiger partial charge in [0.05, 0.1) is 11.0 Å². The molecule has 164 valence electrons. The van der Waals surface area contributed by atoms with Crippen molar-refractivity contribution < 1.29 is 18.0 Å². The van der Waals surface area contributed by atoms with Crippen molar-refractivity contribution >= 4 is 16.9 Å². The normalized spacial score (nSPS) is 12.7. The molecule has 0 saturated heterocycles. The van der Waals surface area contributed by atoms with Crippen LogP contribution in [0.4, 0.5) is 13.2 Å². The molecule has 0 aliphatic heterocycles. The van der Waals surface area contributed by atoms with E-state index in [1.54, 1.807) is 19.9 Å². The Labute approximate surface area is 177 Å². The number of amides is 1. The van der Waals surface area contributed by atoms with E-state index in [1.165, 1.54) is 6.07 Å². The maximum atomic E-state index is 13.4. The number of hydrogen-bond donors (Lipinski definition) is 1. The Balaban J connectivity index is 1.85. The molecule has 1 heterocycles. The molecule has 0 aliphatic rings. The van der Waals surface area contributed by atoms with Gasteiger partial charge in [-0.1, -0.05) is 30.3 Å². The van der Waals surface area contributed by atoms with Crippen LogP contribution in [-0.2, 0) is 23.9 Å². The molecule has 0 spiro atoms. The number of aryl methyl sites for hydroxylation is 3. The molecule has 1 N–H and O–H groups in total. The number of rotatable bonds is 6. The number of aromatic nitrogens is 2. The fourth-order valence-electron chi connectivity index (χ4n) is 3.40. The van der Waals surface area contributed by atoms with Gasteiger partial charge in [0, 0.05) is 6.04 Å². The largest absolute Gasteiger partial charge is 0.438 e. The van der Waals surface area contributed by atoms with Crippen molar-refractivity contribution in [3.8, 4) is 0 Å². The van der Waals surface area contributed by atoms with Crippen molar-refractivity contribution in [1.29, 1.82) is 0 Å². The highest BCUT2D eigenvalue weighted by atomic mass is 19.4. The van der Waals surface area contributed by atoms with Gasteiger partial charge >= 0.3 is 6.18 Å². The molecule has 0 bridgehead atoms. The maximum Gasteiger partial charge on any atom is 0.438 e. The molecule has 1 aromatic heterocycles. The summed E-state index contributed by atoms with van der Waals surface area (Å²) in [6, 6.07) is 12.6. The van der Waals surface area contributed by atoms with E-state index in [0.29, 0.717) is 6.42 Å². The molecule has 5 nitrogen and oxygen atoms in total. The summed E-state index contributed by atoms with van der Waals surface area (Å²) < 4.78 is 41.0. The average Bonchev–Trinajstić information content (AvgIpc) is 2.70. The highest BCUT2D eigenvalue weighted by molar-refractivity contribution is 5.81. The highest BCUT2D eigenvalue weighted by Crippen LogP contribution is 2.27. The average molecular weight is 431 g/mol. The molecule has 0 radical (unpaired) electrons. The van der Waals surface area contributed by atoms with Crippen LogP contribution in [0, 0.1) is 13.8 Å². The zero-order chi connectivity index (χ0) is 22.8. The Morgan fingerprint density at radius 2 is 1.77 bits per heavy atom. The third kappa shape index (κ3) is 5.31. The van der Waals surface area contributed by atoms with Crippen LogP contribution in [0.1, 0.15) is 35.7 Å². The topological polar surface area (TPSA) is 64.0 Å². The van der Waals surface area contributed by atoms with Gasteiger partial charge in [-0.05, 0) is 62.4 Å².